The number of esters is 2. The first-order valence-corrected chi connectivity index (χ1v) is 26.8. The fraction of sp³-hybridized carbons (Fsp3) is 0.964. The number of hydrogen-bond acceptors (Lipinski definition) is 9. The lowest BCUT2D eigenvalue weighted by molar-refractivity contribution is -0.237. The van der Waals surface area contributed by atoms with Gasteiger partial charge in [0, 0.05) is 19.3 Å². The molecule has 11 atom stereocenters. The number of carbonyl (C=O) groups excluding carboxylic acids is 2. The number of carbonyl (C=O) groups is 2. The summed E-state index contributed by atoms with van der Waals surface area (Å²) in [5.74, 6) is 7.99. The van der Waals surface area contributed by atoms with Gasteiger partial charge >= 0.3 is 11.9 Å². The van der Waals surface area contributed by atoms with Gasteiger partial charge in [-0.2, -0.15) is 0 Å². The highest BCUT2D eigenvalue weighted by atomic mass is 16.6. The Morgan fingerprint density at radius 3 is 1.53 bits per heavy atom. The average molecular weight is 899 g/mol. The molecule has 13 aliphatic rings. The van der Waals surface area contributed by atoms with Crippen molar-refractivity contribution in [1.82, 2.24) is 0 Å². The number of hydrogen-bond donors (Lipinski definition) is 1. The highest BCUT2D eigenvalue weighted by Crippen LogP contribution is 2.61. The van der Waals surface area contributed by atoms with Crippen molar-refractivity contribution in [2.45, 2.75) is 258 Å². The van der Waals surface area contributed by atoms with Crippen LogP contribution in [0.3, 0.4) is 0 Å². The van der Waals surface area contributed by atoms with Gasteiger partial charge in [0.05, 0.1) is 59.3 Å². The van der Waals surface area contributed by atoms with E-state index in [0.29, 0.717) is 54.8 Å². The smallest absolute Gasteiger partial charge is 0.335 e. The Morgan fingerprint density at radius 1 is 0.531 bits per heavy atom. The van der Waals surface area contributed by atoms with Gasteiger partial charge in [0.2, 0.25) is 0 Å². The first-order chi connectivity index (χ1) is 30.0. The molecule has 12 bridgehead atoms. The molecule has 368 valence electrons. The number of cyclic esters (lactones) is 1. The summed E-state index contributed by atoms with van der Waals surface area (Å²) in [5, 5.41) is 10.6. The van der Waals surface area contributed by atoms with Crippen LogP contribution in [0.4, 0.5) is 0 Å². The Balaban J connectivity index is 0.000000129. The van der Waals surface area contributed by atoms with Crippen LogP contribution in [-0.2, 0) is 38.0 Å². The van der Waals surface area contributed by atoms with E-state index < -0.39 is 0 Å². The van der Waals surface area contributed by atoms with Crippen molar-refractivity contribution < 1.29 is 43.1 Å². The Hall–Kier alpha value is -1.26. The molecule has 0 aromatic carbocycles. The molecule has 3 heterocycles. The van der Waals surface area contributed by atoms with Crippen molar-refractivity contribution >= 4 is 11.9 Å². The van der Waals surface area contributed by atoms with Gasteiger partial charge < -0.3 is 33.5 Å². The van der Waals surface area contributed by atoms with Crippen LogP contribution in [0, 0.1) is 71.0 Å². The second-order valence-corrected chi connectivity index (χ2v) is 25.5. The third-order valence-electron chi connectivity index (χ3n) is 18.8. The first kappa shape index (κ1) is 50.6. The van der Waals surface area contributed by atoms with Crippen LogP contribution in [0.5, 0.6) is 0 Å². The Kier molecular flexibility index (Phi) is 15.8. The second-order valence-electron chi connectivity index (χ2n) is 25.5. The summed E-state index contributed by atoms with van der Waals surface area (Å²) in [5.41, 5.74) is -0.243. The Bertz CT molecular complexity index is 1530. The van der Waals surface area contributed by atoms with Crippen molar-refractivity contribution in [1.29, 1.82) is 0 Å². The van der Waals surface area contributed by atoms with E-state index in [1.165, 1.54) is 51.4 Å². The van der Waals surface area contributed by atoms with Gasteiger partial charge in [0.25, 0.3) is 0 Å². The minimum Gasteiger partial charge on any atom is -0.464 e. The molecule has 0 amide bonds. The molecule has 11 unspecified atom stereocenters. The van der Waals surface area contributed by atoms with Crippen molar-refractivity contribution in [3.05, 3.63) is 0 Å². The van der Waals surface area contributed by atoms with Gasteiger partial charge in [-0.3, -0.25) is 4.79 Å². The predicted molar refractivity (Wildman–Crippen MR) is 251 cm³/mol. The van der Waals surface area contributed by atoms with Gasteiger partial charge in [-0.15, -0.1) is 0 Å². The van der Waals surface area contributed by atoms with Crippen LogP contribution in [0.1, 0.15) is 199 Å². The lowest BCUT2D eigenvalue weighted by Gasteiger charge is -2.60. The zero-order valence-corrected chi connectivity index (χ0v) is 42.8. The highest BCUT2D eigenvalue weighted by molar-refractivity contribution is 5.76. The normalized spacial score (nSPS) is 43.8. The molecule has 0 aromatic heterocycles. The fourth-order valence-corrected chi connectivity index (χ4v) is 14.7. The lowest BCUT2D eigenvalue weighted by Crippen LogP contribution is -2.60. The van der Waals surface area contributed by atoms with E-state index in [0.717, 1.165) is 86.9 Å². The standard InChI is InChI=1S/C16H28O.C15H24O3.C15H26O2.C9H16O3/c1-10(2)11(3)17-16(4)14-6-12-5-13(8-14)9-15(16)7-12;1-9(2)10(3)18-15-6-11-4-12(7-15)14(16)17-13(5-11)8-15;1-10(2)11(3)17-15-7-12-4-13(8-15)6-14(16,5-12)9-15;1-6(2)7(3)12-8-4-5-11-9(8)10/h10-15H,5-9H2,1-4H3;9-13H,4-8H2,1-3H3;10-13,16H,4-9H2,1-3H3;6-8H,4-5H2,1-3H3. The average Bonchev–Trinajstić information content (AvgIpc) is 3.50. The van der Waals surface area contributed by atoms with Gasteiger partial charge in [-0.1, -0.05) is 55.4 Å². The molecule has 0 radical (unpaired) electrons. The largest absolute Gasteiger partial charge is 0.464 e. The molecular weight excluding hydrogens is 805 g/mol. The van der Waals surface area contributed by atoms with Crippen LogP contribution in [-0.4, -0.2) is 82.7 Å². The van der Waals surface area contributed by atoms with E-state index in [9.17, 15) is 14.7 Å². The predicted octanol–water partition coefficient (Wildman–Crippen LogP) is 11.7. The van der Waals surface area contributed by atoms with Crippen molar-refractivity contribution in [3.63, 3.8) is 0 Å². The van der Waals surface area contributed by atoms with E-state index in [-0.39, 0.29) is 64.7 Å². The zero-order valence-electron chi connectivity index (χ0n) is 42.8. The monoisotopic (exact) mass is 899 g/mol. The lowest BCUT2D eigenvalue weighted by atomic mass is 9.50. The quantitative estimate of drug-likeness (QED) is 0.191. The number of ether oxygens (including phenoxy) is 6. The van der Waals surface area contributed by atoms with E-state index in [4.69, 9.17) is 28.4 Å². The first-order valence-electron chi connectivity index (χ1n) is 26.8. The molecule has 3 aliphatic heterocycles. The molecule has 0 spiro atoms. The van der Waals surface area contributed by atoms with E-state index >= 15 is 0 Å². The molecule has 10 aliphatic carbocycles. The zero-order chi connectivity index (χ0) is 46.5. The number of fused-ring (bicyclic) bond motifs is 1. The van der Waals surface area contributed by atoms with Crippen LogP contribution in [0.25, 0.3) is 0 Å². The van der Waals surface area contributed by atoms with Gasteiger partial charge in [0.1, 0.15) is 6.10 Å². The third-order valence-corrected chi connectivity index (χ3v) is 18.8. The maximum atomic E-state index is 11.9. The van der Waals surface area contributed by atoms with E-state index in [2.05, 4.69) is 83.1 Å². The van der Waals surface area contributed by atoms with Crippen molar-refractivity contribution in [3.8, 4) is 0 Å². The summed E-state index contributed by atoms with van der Waals surface area (Å²) < 4.78 is 35.3. The Labute approximate surface area is 389 Å². The minimum atomic E-state index is -0.388. The summed E-state index contributed by atoms with van der Waals surface area (Å²) in [6.07, 6.45) is 20.7. The van der Waals surface area contributed by atoms with E-state index in [1.54, 1.807) is 0 Å². The molecule has 1 N–H and O–H groups in total. The van der Waals surface area contributed by atoms with Crippen LogP contribution >= 0.6 is 0 Å². The van der Waals surface area contributed by atoms with Gasteiger partial charge in [0.15, 0.2) is 6.10 Å². The summed E-state index contributed by atoms with van der Waals surface area (Å²) in [6, 6.07) is 0. The minimum absolute atomic E-state index is 0.0164. The molecule has 9 nitrogen and oxygen atoms in total. The third kappa shape index (κ3) is 11.6. The van der Waals surface area contributed by atoms with Crippen molar-refractivity contribution in [2.24, 2.45) is 71.0 Å². The maximum absolute atomic E-state index is 11.9. The number of aliphatic hydroxyl groups is 1. The van der Waals surface area contributed by atoms with Crippen molar-refractivity contribution in [2.75, 3.05) is 6.61 Å². The van der Waals surface area contributed by atoms with E-state index in [1.807, 2.05) is 6.92 Å². The summed E-state index contributed by atoms with van der Waals surface area (Å²) in [6.45, 7) is 29.1. The van der Waals surface area contributed by atoms with Gasteiger partial charge in [-0.05, 0) is 190 Å². The summed E-state index contributed by atoms with van der Waals surface area (Å²) in [7, 11) is 0. The molecule has 3 saturated heterocycles. The topological polar surface area (TPSA) is 110 Å². The maximum Gasteiger partial charge on any atom is 0.335 e. The SMILES string of the molecule is CC(C)C(C)OC1(C)C2CC3CC(C2)CC1C3.CC(C)C(C)OC12CC3CC(C1)OC(=O)C(C3)C2.CC(C)C(C)OC12CC3CC(CC(O)(C3)C1)C2.CC(C)C(C)OC1CCOC1=O. The summed E-state index contributed by atoms with van der Waals surface area (Å²) in [4.78, 5) is 22.9. The second kappa shape index (κ2) is 20.0. The summed E-state index contributed by atoms with van der Waals surface area (Å²) >= 11 is 0. The molecule has 13 fully saturated rings. The van der Waals surface area contributed by atoms with Gasteiger partial charge in [-0.25, -0.2) is 4.79 Å². The van der Waals surface area contributed by atoms with Crippen LogP contribution < -0.4 is 0 Å². The number of rotatable bonds is 12. The molecular formula is C55H94O9. The van der Waals surface area contributed by atoms with Crippen LogP contribution in [0.2, 0.25) is 0 Å². The molecule has 13 rings (SSSR count). The molecule has 10 saturated carbocycles. The molecule has 9 heteroatoms. The Morgan fingerprint density at radius 2 is 1.03 bits per heavy atom. The fourth-order valence-electron chi connectivity index (χ4n) is 14.7. The highest BCUT2D eigenvalue weighted by Gasteiger charge is 2.59. The molecule has 64 heavy (non-hydrogen) atoms. The van der Waals surface area contributed by atoms with Crippen LogP contribution in [0.15, 0.2) is 0 Å². The molecule has 0 aromatic rings.